The van der Waals surface area contributed by atoms with Crippen LogP contribution >= 0.6 is 0 Å². The Morgan fingerprint density at radius 1 is 1.21 bits per heavy atom. The number of aromatic nitrogens is 1. The summed E-state index contributed by atoms with van der Waals surface area (Å²) in [5.74, 6) is -0.142. The first-order valence-corrected chi connectivity index (χ1v) is 6.67. The summed E-state index contributed by atoms with van der Waals surface area (Å²) in [7, 11) is 0. The van der Waals surface area contributed by atoms with E-state index in [1.807, 2.05) is 37.4 Å². The van der Waals surface area contributed by atoms with Gasteiger partial charge in [-0.25, -0.2) is 4.39 Å². The molecule has 0 aliphatic heterocycles. The van der Waals surface area contributed by atoms with Gasteiger partial charge < -0.3 is 5.32 Å². The zero-order chi connectivity index (χ0) is 13.2. The fraction of sp³-hybridized carbons (Fsp3) is 0.312. The molecular weight excluding hydrogens is 239 g/mol. The summed E-state index contributed by atoms with van der Waals surface area (Å²) in [6, 6.07) is 9.84. The van der Waals surface area contributed by atoms with Crippen LogP contribution in [-0.4, -0.2) is 11.0 Å². The van der Waals surface area contributed by atoms with Crippen molar-refractivity contribution < 1.29 is 4.39 Å². The lowest BCUT2D eigenvalue weighted by Gasteiger charge is -2.08. The fourth-order valence-corrected chi connectivity index (χ4v) is 2.07. The van der Waals surface area contributed by atoms with Gasteiger partial charge in [-0.05, 0) is 43.5 Å². The molecule has 2 aromatic rings. The van der Waals surface area contributed by atoms with Crippen LogP contribution in [0.15, 0.2) is 36.5 Å². The van der Waals surface area contributed by atoms with E-state index in [0.29, 0.717) is 12.6 Å². The molecule has 0 atom stereocenters. The second-order valence-electron chi connectivity index (χ2n) is 5.15. The van der Waals surface area contributed by atoms with E-state index in [-0.39, 0.29) is 5.82 Å². The molecule has 0 saturated heterocycles. The molecule has 0 unspecified atom stereocenters. The molecule has 0 bridgehead atoms. The van der Waals surface area contributed by atoms with E-state index < -0.39 is 0 Å². The summed E-state index contributed by atoms with van der Waals surface area (Å²) in [5, 5.41) is 3.35. The van der Waals surface area contributed by atoms with Crippen LogP contribution in [0.2, 0.25) is 0 Å². The number of nitrogens with one attached hydrogen (secondary N) is 1. The molecule has 1 aliphatic carbocycles. The highest BCUT2D eigenvalue weighted by Crippen LogP contribution is 2.23. The number of hydrogen-bond acceptors (Lipinski definition) is 2. The molecular formula is C16H17FN2. The molecule has 3 heteroatoms. The lowest BCUT2D eigenvalue weighted by Crippen LogP contribution is -2.16. The van der Waals surface area contributed by atoms with Crippen molar-refractivity contribution in [1.82, 2.24) is 10.3 Å². The molecule has 1 aliphatic rings. The van der Waals surface area contributed by atoms with Crippen LogP contribution in [-0.2, 0) is 6.54 Å². The van der Waals surface area contributed by atoms with Crippen molar-refractivity contribution in [3.05, 3.63) is 53.6 Å². The lowest BCUT2D eigenvalue weighted by atomic mass is 10.0. The van der Waals surface area contributed by atoms with E-state index >= 15 is 0 Å². The SMILES string of the molecule is Cc1ccc(-c2ccc(F)c(CNC3CC3)c2)cn1. The highest BCUT2D eigenvalue weighted by atomic mass is 19.1. The summed E-state index contributed by atoms with van der Waals surface area (Å²) in [4.78, 5) is 4.28. The topological polar surface area (TPSA) is 24.9 Å². The van der Waals surface area contributed by atoms with Gasteiger partial charge in [0, 0.05) is 35.6 Å². The molecule has 0 radical (unpaired) electrons. The molecule has 3 rings (SSSR count). The first-order chi connectivity index (χ1) is 9.22. The van der Waals surface area contributed by atoms with Crippen molar-refractivity contribution in [2.45, 2.75) is 32.4 Å². The van der Waals surface area contributed by atoms with Crippen molar-refractivity contribution in [2.24, 2.45) is 0 Å². The Kier molecular flexibility index (Phi) is 3.30. The highest BCUT2D eigenvalue weighted by Gasteiger charge is 2.20. The molecule has 0 spiro atoms. The second kappa shape index (κ2) is 5.10. The minimum absolute atomic E-state index is 0.142. The average molecular weight is 256 g/mol. The van der Waals surface area contributed by atoms with Crippen LogP contribution in [0, 0.1) is 12.7 Å². The quantitative estimate of drug-likeness (QED) is 0.906. The number of pyridine rings is 1. The third-order valence-corrected chi connectivity index (χ3v) is 3.45. The van der Waals surface area contributed by atoms with Gasteiger partial charge in [-0.3, -0.25) is 4.98 Å². The third-order valence-electron chi connectivity index (χ3n) is 3.45. The monoisotopic (exact) mass is 256 g/mol. The molecule has 1 fully saturated rings. The summed E-state index contributed by atoms with van der Waals surface area (Å²) in [6.07, 6.45) is 4.26. The molecule has 19 heavy (non-hydrogen) atoms. The van der Waals surface area contributed by atoms with Crippen molar-refractivity contribution in [3.63, 3.8) is 0 Å². The number of rotatable bonds is 4. The average Bonchev–Trinajstić information content (AvgIpc) is 3.23. The van der Waals surface area contributed by atoms with E-state index in [4.69, 9.17) is 0 Å². The van der Waals surface area contributed by atoms with Crippen LogP contribution in [0.4, 0.5) is 4.39 Å². The van der Waals surface area contributed by atoms with Crippen LogP contribution in [0.1, 0.15) is 24.1 Å². The predicted octanol–water partition coefficient (Wildman–Crippen LogP) is 3.45. The number of benzene rings is 1. The first-order valence-electron chi connectivity index (χ1n) is 6.67. The van der Waals surface area contributed by atoms with Crippen molar-refractivity contribution >= 4 is 0 Å². The van der Waals surface area contributed by atoms with Gasteiger partial charge in [0.25, 0.3) is 0 Å². The smallest absolute Gasteiger partial charge is 0.127 e. The van der Waals surface area contributed by atoms with Gasteiger partial charge in [-0.15, -0.1) is 0 Å². The number of hydrogen-bond donors (Lipinski definition) is 1. The van der Waals surface area contributed by atoms with E-state index in [2.05, 4.69) is 10.3 Å². The summed E-state index contributed by atoms with van der Waals surface area (Å²) in [5.41, 5.74) is 3.76. The van der Waals surface area contributed by atoms with Gasteiger partial charge in [0.2, 0.25) is 0 Å². The van der Waals surface area contributed by atoms with Crippen molar-refractivity contribution in [1.29, 1.82) is 0 Å². The zero-order valence-corrected chi connectivity index (χ0v) is 11.0. The van der Waals surface area contributed by atoms with Crippen LogP contribution < -0.4 is 5.32 Å². The number of nitrogens with zero attached hydrogens (tertiary/aromatic N) is 1. The lowest BCUT2D eigenvalue weighted by molar-refractivity contribution is 0.587. The van der Waals surface area contributed by atoms with E-state index in [0.717, 1.165) is 22.4 Å². The predicted molar refractivity (Wildman–Crippen MR) is 74.2 cm³/mol. The molecule has 1 saturated carbocycles. The van der Waals surface area contributed by atoms with Crippen LogP contribution in [0.3, 0.4) is 0 Å². The summed E-state index contributed by atoms with van der Waals surface area (Å²) < 4.78 is 13.8. The van der Waals surface area contributed by atoms with E-state index in [9.17, 15) is 4.39 Å². The van der Waals surface area contributed by atoms with Crippen LogP contribution in [0.5, 0.6) is 0 Å². The van der Waals surface area contributed by atoms with Crippen LogP contribution in [0.25, 0.3) is 11.1 Å². The zero-order valence-electron chi connectivity index (χ0n) is 11.0. The Morgan fingerprint density at radius 2 is 2.00 bits per heavy atom. The highest BCUT2D eigenvalue weighted by molar-refractivity contribution is 5.63. The Hall–Kier alpha value is -1.74. The first kappa shape index (κ1) is 12.3. The molecule has 1 N–H and O–H groups in total. The molecule has 98 valence electrons. The third kappa shape index (κ3) is 2.99. The standard InChI is InChI=1S/C16H17FN2/c1-11-2-3-13(9-18-11)12-4-7-16(17)14(8-12)10-19-15-5-6-15/h2-4,7-9,15,19H,5-6,10H2,1H3. The maximum Gasteiger partial charge on any atom is 0.127 e. The minimum Gasteiger partial charge on any atom is -0.310 e. The largest absolute Gasteiger partial charge is 0.310 e. The van der Waals surface area contributed by atoms with Gasteiger partial charge in [-0.1, -0.05) is 12.1 Å². The Balaban J connectivity index is 1.84. The molecule has 1 aromatic heterocycles. The Bertz CT molecular complexity index is 574. The second-order valence-corrected chi connectivity index (χ2v) is 5.15. The number of aryl methyl sites for hydroxylation is 1. The van der Waals surface area contributed by atoms with Gasteiger partial charge in [0.1, 0.15) is 5.82 Å². The van der Waals surface area contributed by atoms with Crippen molar-refractivity contribution in [2.75, 3.05) is 0 Å². The fourth-order valence-electron chi connectivity index (χ4n) is 2.07. The Morgan fingerprint density at radius 3 is 2.68 bits per heavy atom. The van der Waals surface area contributed by atoms with Gasteiger partial charge in [-0.2, -0.15) is 0 Å². The molecule has 0 amide bonds. The van der Waals surface area contributed by atoms with Gasteiger partial charge >= 0.3 is 0 Å². The number of halogens is 1. The van der Waals surface area contributed by atoms with E-state index in [1.165, 1.54) is 12.8 Å². The molecule has 2 nitrogen and oxygen atoms in total. The van der Waals surface area contributed by atoms with Gasteiger partial charge in [0.05, 0.1) is 0 Å². The van der Waals surface area contributed by atoms with E-state index in [1.54, 1.807) is 6.07 Å². The molecule has 1 heterocycles. The normalized spacial score (nSPS) is 14.6. The Labute approximate surface area is 112 Å². The van der Waals surface area contributed by atoms with Gasteiger partial charge in [0.15, 0.2) is 0 Å². The van der Waals surface area contributed by atoms with Crippen molar-refractivity contribution in [3.8, 4) is 11.1 Å². The maximum absolute atomic E-state index is 13.8. The maximum atomic E-state index is 13.8. The summed E-state index contributed by atoms with van der Waals surface area (Å²) >= 11 is 0. The minimum atomic E-state index is -0.142. The summed E-state index contributed by atoms with van der Waals surface area (Å²) in [6.45, 7) is 2.56. The molecule has 1 aromatic carbocycles.